The van der Waals surface area contributed by atoms with E-state index in [9.17, 15) is 26.7 Å². The summed E-state index contributed by atoms with van der Waals surface area (Å²) in [6.07, 6.45) is -2.44. The molecule has 1 saturated heterocycles. The maximum Gasteiger partial charge on any atom is 0.402 e. The first kappa shape index (κ1) is 17.7. The van der Waals surface area contributed by atoms with Crippen LogP contribution < -0.4 is 0 Å². The molecule has 5 nitrogen and oxygen atoms in total. The van der Waals surface area contributed by atoms with E-state index in [0.29, 0.717) is 23.6 Å². The summed E-state index contributed by atoms with van der Waals surface area (Å²) in [5.74, 6) is 0. The molecule has 20 heavy (non-hydrogen) atoms. The van der Waals surface area contributed by atoms with Crippen molar-refractivity contribution in [3.8, 4) is 0 Å². The molecule has 1 N–H and O–H groups in total. The highest BCUT2D eigenvalue weighted by Crippen LogP contribution is 2.25. The van der Waals surface area contributed by atoms with E-state index >= 15 is 0 Å². The van der Waals surface area contributed by atoms with Crippen LogP contribution in [0, 0.1) is 0 Å². The molecule has 0 spiro atoms. The molecule has 1 unspecified atom stereocenters. The van der Waals surface area contributed by atoms with Crippen molar-refractivity contribution in [2.75, 3.05) is 26.2 Å². The zero-order chi connectivity index (χ0) is 15.4. The average molecular weight is 318 g/mol. The lowest BCUT2D eigenvalue weighted by atomic mass is 10.1. The van der Waals surface area contributed by atoms with Gasteiger partial charge in [0.25, 0.3) is 10.2 Å². The van der Waals surface area contributed by atoms with Gasteiger partial charge in [-0.2, -0.15) is 30.2 Å². The van der Waals surface area contributed by atoms with E-state index in [1.54, 1.807) is 6.92 Å². The Kier molecular flexibility index (Phi) is 6.24. The van der Waals surface area contributed by atoms with Crippen LogP contribution in [0.4, 0.5) is 13.2 Å². The Balaban J connectivity index is 2.96. The number of piperidine rings is 1. The van der Waals surface area contributed by atoms with Gasteiger partial charge in [0.05, 0.1) is 6.61 Å². The van der Waals surface area contributed by atoms with E-state index in [2.05, 4.69) is 0 Å². The Morgan fingerprint density at radius 2 is 2.00 bits per heavy atom. The lowest BCUT2D eigenvalue weighted by Gasteiger charge is -2.37. The monoisotopic (exact) mass is 318 g/mol. The van der Waals surface area contributed by atoms with Crippen LogP contribution in [0.1, 0.15) is 32.6 Å². The SMILES string of the molecule is CCCN(CC(F)(F)F)S(=O)(=O)N1CCCCC1CO. The number of hydrogen-bond acceptors (Lipinski definition) is 3. The van der Waals surface area contributed by atoms with Crippen LogP contribution in [0.25, 0.3) is 0 Å². The van der Waals surface area contributed by atoms with Crippen molar-refractivity contribution in [3.63, 3.8) is 0 Å². The Labute approximate surface area is 117 Å². The Bertz CT molecular complexity index is 400. The van der Waals surface area contributed by atoms with E-state index < -0.39 is 29.0 Å². The molecule has 9 heteroatoms. The second-order valence-corrected chi connectivity index (χ2v) is 6.78. The van der Waals surface area contributed by atoms with Gasteiger partial charge in [0.1, 0.15) is 6.54 Å². The molecule has 0 aromatic carbocycles. The number of aliphatic hydroxyl groups is 1. The van der Waals surface area contributed by atoms with Crippen molar-refractivity contribution in [3.05, 3.63) is 0 Å². The zero-order valence-electron chi connectivity index (χ0n) is 11.4. The molecular weight excluding hydrogens is 297 g/mol. The van der Waals surface area contributed by atoms with Crippen molar-refractivity contribution >= 4 is 10.2 Å². The van der Waals surface area contributed by atoms with Crippen LogP contribution in [0.15, 0.2) is 0 Å². The van der Waals surface area contributed by atoms with Crippen LogP contribution in [0.5, 0.6) is 0 Å². The normalized spacial score (nSPS) is 22.4. The molecule has 0 aromatic rings. The van der Waals surface area contributed by atoms with Gasteiger partial charge in [-0.15, -0.1) is 0 Å². The third-order valence-electron chi connectivity index (χ3n) is 3.24. The summed E-state index contributed by atoms with van der Waals surface area (Å²) >= 11 is 0. The van der Waals surface area contributed by atoms with Gasteiger partial charge in [-0.05, 0) is 19.3 Å². The predicted molar refractivity (Wildman–Crippen MR) is 68.3 cm³/mol. The van der Waals surface area contributed by atoms with Crippen LogP contribution >= 0.6 is 0 Å². The number of aliphatic hydroxyl groups excluding tert-OH is 1. The van der Waals surface area contributed by atoms with Gasteiger partial charge in [0.15, 0.2) is 0 Å². The van der Waals surface area contributed by atoms with Gasteiger partial charge >= 0.3 is 6.18 Å². The van der Waals surface area contributed by atoms with Crippen LogP contribution in [0.2, 0.25) is 0 Å². The van der Waals surface area contributed by atoms with Crippen molar-refractivity contribution in [2.45, 2.75) is 44.8 Å². The molecule has 0 amide bonds. The van der Waals surface area contributed by atoms with Gasteiger partial charge in [-0.25, -0.2) is 0 Å². The third-order valence-corrected chi connectivity index (χ3v) is 5.27. The molecule has 120 valence electrons. The summed E-state index contributed by atoms with van der Waals surface area (Å²) in [5.41, 5.74) is 0. The third kappa shape index (κ3) is 4.57. The standard InChI is InChI=1S/C11H21F3N2O3S/c1-2-6-15(9-11(12,13)14)20(18,19)16-7-4-3-5-10(16)8-17/h10,17H,2-9H2,1H3. The number of halogens is 3. The minimum atomic E-state index is -4.58. The van der Waals surface area contributed by atoms with Crippen LogP contribution in [-0.2, 0) is 10.2 Å². The van der Waals surface area contributed by atoms with E-state index in [1.165, 1.54) is 0 Å². The highest BCUT2D eigenvalue weighted by atomic mass is 32.2. The number of hydrogen-bond donors (Lipinski definition) is 1. The fraction of sp³-hybridized carbons (Fsp3) is 1.00. The molecule has 0 saturated carbocycles. The molecule has 1 fully saturated rings. The molecule has 0 aromatic heterocycles. The van der Waals surface area contributed by atoms with E-state index in [0.717, 1.165) is 10.7 Å². The van der Waals surface area contributed by atoms with Crippen LogP contribution in [-0.4, -0.2) is 60.6 Å². The van der Waals surface area contributed by atoms with Gasteiger partial charge < -0.3 is 5.11 Å². The molecule has 1 heterocycles. The summed E-state index contributed by atoms with van der Waals surface area (Å²) in [7, 11) is -4.19. The second kappa shape index (κ2) is 7.06. The summed E-state index contributed by atoms with van der Waals surface area (Å²) in [6, 6.07) is -0.624. The topological polar surface area (TPSA) is 60.9 Å². The summed E-state index contributed by atoms with van der Waals surface area (Å²) < 4.78 is 63.8. The second-order valence-electron chi connectivity index (χ2n) is 4.90. The highest BCUT2D eigenvalue weighted by Gasteiger charge is 2.41. The quantitative estimate of drug-likeness (QED) is 0.804. The summed E-state index contributed by atoms with van der Waals surface area (Å²) in [5, 5.41) is 9.22. The van der Waals surface area contributed by atoms with Gasteiger partial charge in [0.2, 0.25) is 0 Å². The highest BCUT2D eigenvalue weighted by molar-refractivity contribution is 7.86. The van der Waals surface area contributed by atoms with E-state index in [-0.39, 0.29) is 19.7 Å². The summed E-state index contributed by atoms with van der Waals surface area (Å²) in [4.78, 5) is 0. The Hall–Kier alpha value is -0.380. The van der Waals surface area contributed by atoms with E-state index in [1.807, 2.05) is 0 Å². The lowest BCUT2D eigenvalue weighted by Crippen LogP contribution is -2.53. The molecular formula is C11H21F3N2O3S. The predicted octanol–water partition coefficient (Wildman–Crippen LogP) is 1.35. The molecule has 1 aliphatic rings. The van der Waals surface area contributed by atoms with Gasteiger partial charge in [-0.3, -0.25) is 0 Å². The zero-order valence-corrected chi connectivity index (χ0v) is 12.3. The fourth-order valence-corrected chi connectivity index (χ4v) is 4.26. The van der Waals surface area contributed by atoms with Gasteiger partial charge in [-0.1, -0.05) is 13.3 Å². The minimum Gasteiger partial charge on any atom is -0.395 e. The van der Waals surface area contributed by atoms with Crippen molar-refractivity contribution in [2.24, 2.45) is 0 Å². The Morgan fingerprint density at radius 1 is 1.35 bits per heavy atom. The average Bonchev–Trinajstić information content (AvgIpc) is 2.36. The summed E-state index contributed by atoms with van der Waals surface area (Å²) in [6.45, 7) is -0.260. The van der Waals surface area contributed by atoms with Crippen molar-refractivity contribution in [1.29, 1.82) is 0 Å². The minimum absolute atomic E-state index is 0.158. The first-order valence-corrected chi connectivity index (χ1v) is 8.06. The molecule has 0 bridgehead atoms. The first-order valence-electron chi connectivity index (χ1n) is 6.67. The number of alkyl halides is 3. The van der Waals surface area contributed by atoms with Gasteiger partial charge in [0, 0.05) is 19.1 Å². The molecule has 0 radical (unpaired) electrons. The van der Waals surface area contributed by atoms with Crippen LogP contribution in [0.3, 0.4) is 0 Å². The molecule has 0 aliphatic carbocycles. The molecule has 1 rings (SSSR count). The number of rotatable bonds is 6. The Morgan fingerprint density at radius 3 is 2.50 bits per heavy atom. The first-order chi connectivity index (χ1) is 9.22. The molecule has 1 aliphatic heterocycles. The maximum absolute atomic E-state index is 12.5. The maximum atomic E-state index is 12.5. The largest absolute Gasteiger partial charge is 0.402 e. The van der Waals surface area contributed by atoms with E-state index in [4.69, 9.17) is 0 Å². The fourth-order valence-electron chi connectivity index (χ4n) is 2.33. The van der Waals surface area contributed by atoms with Crippen molar-refractivity contribution in [1.82, 2.24) is 8.61 Å². The smallest absolute Gasteiger partial charge is 0.395 e. The number of nitrogens with zero attached hydrogens (tertiary/aromatic N) is 2. The lowest BCUT2D eigenvalue weighted by molar-refractivity contribution is -0.136. The molecule has 1 atom stereocenters. The van der Waals surface area contributed by atoms with Crippen molar-refractivity contribution < 1.29 is 26.7 Å².